The standard InChI is InChI=1S/C14H18N2O5/c15-11-3-1-2-10(14(18)19)13(11)21-8-12(17)16-9-4-6-20-7-5-9/h1-3,9H,4-8,15H2,(H,16,17)(H,18,19). The molecule has 1 saturated heterocycles. The van der Waals surface area contributed by atoms with E-state index in [1.54, 1.807) is 0 Å². The number of ether oxygens (including phenoxy) is 2. The predicted molar refractivity (Wildman–Crippen MR) is 75.3 cm³/mol. The van der Waals surface area contributed by atoms with Crippen LogP contribution in [0, 0.1) is 0 Å². The van der Waals surface area contributed by atoms with Gasteiger partial charge in [0.1, 0.15) is 5.56 Å². The number of amides is 1. The Morgan fingerprint density at radius 1 is 1.38 bits per heavy atom. The molecule has 114 valence electrons. The molecule has 1 aliphatic heterocycles. The van der Waals surface area contributed by atoms with Crippen LogP contribution in [-0.4, -0.2) is 42.8 Å². The normalized spacial score (nSPS) is 15.4. The van der Waals surface area contributed by atoms with Crippen molar-refractivity contribution in [2.45, 2.75) is 18.9 Å². The third kappa shape index (κ3) is 4.09. The minimum absolute atomic E-state index is 0.0205. The highest BCUT2D eigenvalue weighted by atomic mass is 16.5. The van der Waals surface area contributed by atoms with Crippen LogP contribution in [0.4, 0.5) is 5.69 Å². The van der Waals surface area contributed by atoms with E-state index in [9.17, 15) is 9.59 Å². The SMILES string of the molecule is Nc1cccc(C(=O)O)c1OCC(=O)NC1CCOCC1. The summed E-state index contributed by atoms with van der Waals surface area (Å²) in [6.07, 6.45) is 1.53. The first kappa shape index (κ1) is 15.1. The minimum Gasteiger partial charge on any atom is -0.481 e. The average molecular weight is 294 g/mol. The Bertz CT molecular complexity index is 526. The lowest BCUT2D eigenvalue weighted by Crippen LogP contribution is -2.41. The second kappa shape index (κ2) is 6.94. The van der Waals surface area contributed by atoms with Crippen LogP contribution < -0.4 is 15.8 Å². The molecule has 1 heterocycles. The zero-order valence-corrected chi connectivity index (χ0v) is 11.5. The van der Waals surface area contributed by atoms with E-state index >= 15 is 0 Å². The highest BCUT2D eigenvalue weighted by Gasteiger charge is 2.18. The number of carboxylic acid groups (broad SMARTS) is 1. The molecule has 1 aromatic carbocycles. The van der Waals surface area contributed by atoms with Gasteiger partial charge in [-0.25, -0.2) is 4.79 Å². The van der Waals surface area contributed by atoms with Crippen LogP contribution in [0.25, 0.3) is 0 Å². The summed E-state index contributed by atoms with van der Waals surface area (Å²) < 4.78 is 10.5. The lowest BCUT2D eigenvalue weighted by molar-refractivity contribution is -0.124. The van der Waals surface area contributed by atoms with Gasteiger partial charge >= 0.3 is 5.97 Å². The van der Waals surface area contributed by atoms with Gasteiger partial charge in [0, 0.05) is 19.3 Å². The van der Waals surface area contributed by atoms with Gasteiger partial charge in [0.2, 0.25) is 0 Å². The molecule has 0 unspecified atom stereocenters. The van der Waals surface area contributed by atoms with E-state index in [0.717, 1.165) is 12.8 Å². The van der Waals surface area contributed by atoms with Gasteiger partial charge in [-0.05, 0) is 25.0 Å². The van der Waals surface area contributed by atoms with E-state index in [2.05, 4.69) is 5.32 Å². The topological polar surface area (TPSA) is 111 Å². The Balaban J connectivity index is 1.93. The third-order valence-electron chi connectivity index (χ3n) is 3.21. The van der Waals surface area contributed by atoms with Gasteiger partial charge in [-0.3, -0.25) is 4.79 Å². The van der Waals surface area contributed by atoms with E-state index in [4.69, 9.17) is 20.3 Å². The molecule has 21 heavy (non-hydrogen) atoms. The second-order valence-electron chi connectivity index (χ2n) is 4.77. The molecule has 4 N–H and O–H groups in total. The van der Waals surface area contributed by atoms with Crippen LogP contribution in [0.3, 0.4) is 0 Å². The molecular formula is C14H18N2O5. The fourth-order valence-corrected chi connectivity index (χ4v) is 2.13. The molecule has 0 bridgehead atoms. The zero-order chi connectivity index (χ0) is 15.2. The molecule has 0 saturated carbocycles. The van der Waals surface area contributed by atoms with Crippen LogP contribution >= 0.6 is 0 Å². The Morgan fingerprint density at radius 3 is 2.76 bits per heavy atom. The predicted octanol–water partition coefficient (Wildman–Crippen LogP) is 0.641. The molecule has 1 amide bonds. The van der Waals surface area contributed by atoms with Crippen LogP contribution in [0.2, 0.25) is 0 Å². The summed E-state index contributed by atoms with van der Waals surface area (Å²) in [7, 11) is 0. The molecule has 0 radical (unpaired) electrons. The number of hydrogen-bond donors (Lipinski definition) is 3. The Hall–Kier alpha value is -2.28. The van der Waals surface area contributed by atoms with Gasteiger partial charge in [0.15, 0.2) is 12.4 Å². The van der Waals surface area contributed by atoms with Crippen LogP contribution in [0.15, 0.2) is 18.2 Å². The average Bonchev–Trinajstić information content (AvgIpc) is 2.46. The fraction of sp³-hybridized carbons (Fsp3) is 0.429. The van der Waals surface area contributed by atoms with E-state index in [1.807, 2.05) is 0 Å². The summed E-state index contributed by atoms with van der Waals surface area (Å²) in [5.74, 6) is -1.43. The summed E-state index contributed by atoms with van der Waals surface area (Å²) in [5.41, 5.74) is 5.82. The summed E-state index contributed by atoms with van der Waals surface area (Å²) in [4.78, 5) is 22.9. The van der Waals surface area contributed by atoms with Crippen molar-refractivity contribution in [1.29, 1.82) is 0 Å². The maximum Gasteiger partial charge on any atom is 0.339 e. The number of nitrogen functional groups attached to an aromatic ring is 1. The second-order valence-corrected chi connectivity index (χ2v) is 4.77. The van der Waals surface area contributed by atoms with Crippen molar-refractivity contribution < 1.29 is 24.2 Å². The number of rotatable bonds is 5. The molecule has 0 spiro atoms. The van der Waals surface area contributed by atoms with E-state index in [0.29, 0.717) is 13.2 Å². The van der Waals surface area contributed by atoms with Gasteiger partial charge in [0.25, 0.3) is 5.91 Å². The molecule has 1 fully saturated rings. The molecule has 0 aromatic heterocycles. The third-order valence-corrected chi connectivity index (χ3v) is 3.21. The number of nitrogens with two attached hydrogens (primary N) is 1. The zero-order valence-electron chi connectivity index (χ0n) is 11.5. The van der Waals surface area contributed by atoms with Crippen LogP contribution in [0.5, 0.6) is 5.75 Å². The molecule has 7 nitrogen and oxygen atoms in total. The van der Waals surface area contributed by atoms with Gasteiger partial charge < -0.3 is 25.6 Å². The van der Waals surface area contributed by atoms with Crippen molar-refractivity contribution in [3.05, 3.63) is 23.8 Å². The van der Waals surface area contributed by atoms with Crippen molar-refractivity contribution in [2.24, 2.45) is 0 Å². The quantitative estimate of drug-likeness (QED) is 0.687. The largest absolute Gasteiger partial charge is 0.481 e. The lowest BCUT2D eigenvalue weighted by atomic mass is 10.1. The maximum absolute atomic E-state index is 11.8. The number of nitrogens with one attached hydrogen (secondary N) is 1. The number of aromatic carboxylic acids is 1. The number of para-hydroxylation sites is 1. The van der Waals surface area contributed by atoms with Gasteiger partial charge in [-0.2, -0.15) is 0 Å². The molecular weight excluding hydrogens is 276 g/mol. The monoisotopic (exact) mass is 294 g/mol. The van der Waals surface area contributed by atoms with Crippen molar-refractivity contribution in [3.8, 4) is 5.75 Å². The summed E-state index contributed by atoms with van der Waals surface area (Å²) >= 11 is 0. The Morgan fingerprint density at radius 2 is 2.10 bits per heavy atom. The summed E-state index contributed by atoms with van der Waals surface area (Å²) in [6, 6.07) is 4.50. The number of hydrogen-bond acceptors (Lipinski definition) is 5. The number of carboxylic acids is 1. The van der Waals surface area contributed by atoms with Crippen molar-refractivity contribution >= 4 is 17.6 Å². The number of carbonyl (C=O) groups is 2. The highest BCUT2D eigenvalue weighted by molar-refractivity contribution is 5.93. The van der Waals surface area contributed by atoms with E-state index < -0.39 is 5.97 Å². The number of anilines is 1. The first-order valence-corrected chi connectivity index (χ1v) is 6.69. The van der Waals surface area contributed by atoms with Crippen LogP contribution in [0.1, 0.15) is 23.2 Å². The lowest BCUT2D eigenvalue weighted by Gasteiger charge is -2.23. The summed E-state index contributed by atoms with van der Waals surface area (Å²) in [6.45, 7) is 0.979. The first-order valence-electron chi connectivity index (χ1n) is 6.69. The molecule has 1 aromatic rings. The van der Waals surface area contributed by atoms with Gasteiger partial charge in [-0.1, -0.05) is 6.07 Å². The van der Waals surface area contributed by atoms with Crippen molar-refractivity contribution in [2.75, 3.05) is 25.6 Å². The first-order chi connectivity index (χ1) is 10.1. The molecule has 7 heteroatoms. The number of carbonyl (C=O) groups excluding carboxylic acids is 1. The molecule has 2 rings (SSSR count). The Kier molecular flexibility index (Phi) is 4.99. The fourth-order valence-electron chi connectivity index (χ4n) is 2.13. The van der Waals surface area contributed by atoms with E-state index in [1.165, 1.54) is 18.2 Å². The maximum atomic E-state index is 11.8. The van der Waals surface area contributed by atoms with E-state index in [-0.39, 0.29) is 35.6 Å². The van der Waals surface area contributed by atoms with Gasteiger partial charge in [0.05, 0.1) is 5.69 Å². The van der Waals surface area contributed by atoms with Crippen molar-refractivity contribution in [1.82, 2.24) is 5.32 Å². The molecule has 0 aliphatic carbocycles. The van der Waals surface area contributed by atoms with Crippen molar-refractivity contribution in [3.63, 3.8) is 0 Å². The van der Waals surface area contributed by atoms with Gasteiger partial charge in [-0.15, -0.1) is 0 Å². The smallest absolute Gasteiger partial charge is 0.339 e. The molecule has 1 aliphatic rings. The minimum atomic E-state index is -1.15. The number of benzene rings is 1. The highest BCUT2D eigenvalue weighted by Crippen LogP contribution is 2.26. The summed E-state index contributed by atoms with van der Waals surface area (Å²) in [5, 5.41) is 11.9. The van der Waals surface area contributed by atoms with Crippen LogP contribution in [-0.2, 0) is 9.53 Å². The Labute approximate surface area is 122 Å². The molecule has 0 atom stereocenters.